The molecule has 1 unspecified atom stereocenters. The first-order chi connectivity index (χ1) is 7.20. The summed E-state index contributed by atoms with van der Waals surface area (Å²) in [5.41, 5.74) is 0. The van der Waals surface area contributed by atoms with Gasteiger partial charge in [-0.3, -0.25) is 4.79 Å². The van der Waals surface area contributed by atoms with Crippen LogP contribution in [0.4, 0.5) is 5.82 Å². The molecule has 0 bridgehead atoms. The summed E-state index contributed by atoms with van der Waals surface area (Å²) in [7, 11) is 0. The maximum atomic E-state index is 11.5. The van der Waals surface area contributed by atoms with Crippen molar-refractivity contribution in [1.29, 1.82) is 0 Å². The summed E-state index contributed by atoms with van der Waals surface area (Å²) in [5, 5.41) is 2.67. The van der Waals surface area contributed by atoms with Gasteiger partial charge < -0.3 is 10.1 Å². The van der Waals surface area contributed by atoms with Crippen LogP contribution in [0.5, 0.6) is 5.75 Å². The monoisotopic (exact) mass is 290 g/mol. The number of nitrogens with one attached hydrogen (secondary N) is 1. The number of aromatic nitrogens is 1. The number of fused-ring (bicyclic) bond motifs is 1. The van der Waals surface area contributed by atoms with Crippen LogP contribution in [0.3, 0.4) is 0 Å². The van der Waals surface area contributed by atoms with Gasteiger partial charge in [-0.2, -0.15) is 0 Å². The second-order valence-electron chi connectivity index (χ2n) is 3.05. The van der Waals surface area contributed by atoms with E-state index in [-0.39, 0.29) is 5.91 Å². The predicted octanol–water partition coefficient (Wildman–Crippen LogP) is 2.17. The maximum absolute atomic E-state index is 11.5. The average molecular weight is 292 g/mol. The molecule has 15 heavy (non-hydrogen) atoms. The Morgan fingerprint density at radius 1 is 1.60 bits per heavy atom. The van der Waals surface area contributed by atoms with Crippen LogP contribution in [-0.4, -0.2) is 22.9 Å². The van der Waals surface area contributed by atoms with Gasteiger partial charge in [-0.1, -0.05) is 0 Å². The van der Waals surface area contributed by atoms with Crippen molar-refractivity contribution in [2.24, 2.45) is 0 Å². The molecular weight excluding hydrogens is 283 g/mol. The van der Waals surface area contributed by atoms with Crippen LogP contribution in [0.2, 0.25) is 0 Å². The van der Waals surface area contributed by atoms with Crippen LogP contribution in [0.25, 0.3) is 0 Å². The summed E-state index contributed by atoms with van der Waals surface area (Å²) in [4.78, 5) is 15.6. The van der Waals surface area contributed by atoms with Crippen molar-refractivity contribution in [3.8, 4) is 5.75 Å². The van der Waals surface area contributed by atoms with Crippen LogP contribution in [0.1, 0.15) is 6.42 Å². The van der Waals surface area contributed by atoms with Crippen LogP contribution in [0, 0.1) is 0 Å². The molecule has 1 atom stereocenters. The largest absolute Gasteiger partial charge is 0.477 e. The number of pyridine rings is 1. The first-order valence-electron chi connectivity index (χ1n) is 4.41. The van der Waals surface area contributed by atoms with Gasteiger partial charge in [0.05, 0.1) is 0 Å². The molecule has 1 aromatic rings. The predicted molar refractivity (Wildman–Crippen MR) is 60.3 cm³/mol. The van der Waals surface area contributed by atoms with E-state index in [1.54, 1.807) is 12.1 Å². The fourth-order valence-electron chi connectivity index (χ4n) is 1.30. The second kappa shape index (κ2) is 4.37. The molecule has 0 fully saturated rings. The van der Waals surface area contributed by atoms with Gasteiger partial charge >= 0.3 is 0 Å². The van der Waals surface area contributed by atoms with Crippen molar-refractivity contribution in [3.63, 3.8) is 0 Å². The van der Waals surface area contributed by atoms with E-state index in [0.29, 0.717) is 28.5 Å². The fraction of sp³-hybridized carbons (Fsp3) is 0.333. The second-order valence-corrected chi connectivity index (χ2v) is 4.24. The Morgan fingerprint density at radius 2 is 2.40 bits per heavy atom. The summed E-state index contributed by atoms with van der Waals surface area (Å²) in [6.45, 7) is 0. The highest BCUT2D eigenvalue weighted by Crippen LogP contribution is 2.29. The third-order valence-electron chi connectivity index (χ3n) is 2.00. The number of carbonyl (C=O) groups excluding carboxylic acids is 1. The lowest BCUT2D eigenvalue weighted by atomic mass is 10.2. The van der Waals surface area contributed by atoms with Crippen LogP contribution >= 0.6 is 27.5 Å². The molecule has 2 rings (SSSR count). The average Bonchev–Trinajstić information content (AvgIpc) is 2.20. The molecule has 1 N–H and O–H groups in total. The Bertz CT molecular complexity index is 400. The summed E-state index contributed by atoms with van der Waals surface area (Å²) in [6, 6.07) is 3.52. The number of nitrogens with zero attached hydrogens (tertiary/aromatic N) is 1. The molecule has 1 amide bonds. The molecule has 1 aliphatic heterocycles. The number of anilines is 1. The molecule has 0 saturated carbocycles. The normalized spacial score (nSPS) is 19.1. The number of amides is 1. The summed E-state index contributed by atoms with van der Waals surface area (Å²) in [5.74, 6) is 1.21. The highest BCUT2D eigenvalue weighted by Gasteiger charge is 2.27. The molecular formula is C9H8BrClN2O2. The van der Waals surface area contributed by atoms with Crippen molar-refractivity contribution in [2.45, 2.75) is 12.5 Å². The lowest BCUT2D eigenvalue weighted by Gasteiger charge is -2.24. The zero-order chi connectivity index (χ0) is 10.8. The maximum Gasteiger partial charge on any atom is 0.266 e. The smallest absolute Gasteiger partial charge is 0.266 e. The summed E-state index contributed by atoms with van der Waals surface area (Å²) >= 11 is 8.79. The van der Waals surface area contributed by atoms with Crippen molar-refractivity contribution in [3.05, 3.63) is 16.7 Å². The van der Waals surface area contributed by atoms with Crippen LogP contribution < -0.4 is 10.1 Å². The SMILES string of the molecule is O=C1Nc2nc(Br)ccc2OC1CCCl. The number of alkyl halides is 1. The Labute approximate surface area is 100 Å². The highest BCUT2D eigenvalue weighted by atomic mass is 79.9. The van der Waals surface area contributed by atoms with E-state index in [2.05, 4.69) is 26.2 Å². The molecule has 0 aliphatic carbocycles. The van der Waals surface area contributed by atoms with Gasteiger partial charge in [0.15, 0.2) is 17.7 Å². The van der Waals surface area contributed by atoms with Crippen molar-refractivity contribution in [2.75, 3.05) is 11.2 Å². The van der Waals surface area contributed by atoms with Crippen molar-refractivity contribution in [1.82, 2.24) is 4.98 Å². The van der Waals surface area contributed by atoms with E-state index in [1.807, 2.05) is 0 Å². The quantitative estimate of drug-likeness (QED) is 0.671. The Morgan fingerprint density at radius 3 is 3.13 bits per heavy atom. The number of hydrogen-bond donors (Lipinski definition) is 1. The first kappa shape index (κ1) is 10.7. The molecule has 0 saturated heterocycles. The van der Waals surface area contributed by atoms with E-state index in [9.17, 15) is 4.79 Å². The molecule has 4 nitrogen and oxygen atoms in total. The van der Waals surface area contributed by atoms with E-state index in [4.69, 9.17) is 16.3 Å². The molecule has 0 spiro atoms. The molecule has 6 heteroatoms. The number of rotatable bonds is 2. The van der Waals surface area contributed by atoms with Gasteiger partial charge in [0.1, 0.15) is 4.60 Å². The van der Waals surface area contributed by atoms with E-state index in [1.165, 1.54) is 0 Å². The number of carbonyl (C=O) groups is 1. The minimum Gasteiger partial charge on any atom is -0.477 e. The minimum atomic E-state index is -0.516. The van der Waals surface area contributed by atoms with Crippen LogP contribution in [-0.2, 0) is 4.79 Å². The Balaban J connectivity index is 2.26. The molecule has 2 heterocycles. The molecule has 80 valence electrons. The molecule has 1 aliphatic rings. The Kier molecular flexibility index (Phi) is 3.11. The number of ether oxygens (including phenoxy) is 1. The summed E-state index contributed by atoms with van der Waals surface area (Å²) < 4.78 is 6.11. The van der Waals surface area contributed by atoms with E-state index < -0.39 is 6.10 Å². The van der Waals surface area contributed by atoms with Gasteiger partial charge in [0.2, 0.25) is 0 Å². The van der Waals surface area contributed by atoms with Crippen molar-refractivity contribution >= 4 is 39.3 Å². The van der Waals surface area contributed by atoms with E-state index >= 15 is 0 Å². The molecule has 1 aromatic heterocycles. The topological polar surface area (TPSA) is 51.2 Å². The third-order valence-corrected chi connectivity index (χ3v) is 2.66. The Hall–Kier alpha value is -0.810. The number of hydrogen-bond acceptors (Lipinski definition) is 3. The van der Waals surface area contributed by atoms with E-state index in [0.717, 1.165) is 0 Å². The first-order valence-corrected chi connectivity index (χ1v) is 5.73. The highest BCUT2D eigenvalue weighted by molar-refractivity contribution is 9.10. The van der Waals surface area contributed by atoms with Gasteiger partial charge in [-0.15, -0.1) is 11.6 Å². The zero-order valence-corrected chi connectivity index (χ0v) is 10.0. The van der Waals surface area contributed by atoms with Gasteiger partial charge in [0.25, 0.3) is 5.91 Å². The molecule has 0 radical (unpaired) electrons. The van der Waals surface area contributed by atoms with Gasteiger partial charge in [0, 0.05) is 12.3 Å². The minimum absolute atomic E-state index is 0.200. The zero-order valence-electron chi connectivity index (χ0n) is 7.67. The standard InChI is InChI=1S/C9H8BrClN2O2/c10-7-2-1-5-8(12-7)13-9(14)6(15-5)3-4-11/h1-2,6H,3-4H2,(H,12,13,14). The summed E-state index contributed by atoms with van der Waals surface area (Å²) in [6.07, 6.45) is -0.0268. The number of halogens is 2. The lowest BCUT2D eigenvalue weighted by Crippen LogP contribution is -2.37. The lowest BCUT2D eigenvalue weighted by molar-refractivity contribution is -0.123. The van der Waals surface area contributed by atoms with Crippen LogP contribution in [0.15, 0.2) is 16.7 Å². The third kappa shape index (κ3) is 2.23. The molecule has 0 aromatic carbocycles. The van der Waals surface area contributed by atoms with Gasteiger partial charge in [-0.25, -0.2) is 4.98 Å². The fourth-order valence-corrected chi connectivity index (χ4v) is 1.81. The van der Waals surface area contributed by atoms with Crippen molar-refractivity contribution < 1.29 is 9.53 Å². The van der Waals surface area contributed by atoms with Gasteiger partial charge in [-0.05, 0) is 28.1 Å².